The molecule has 0 aliphatic heterocycles. The van der Waals surface area contributed by atoms with Gasteiger partial charge in [0, 0.05) is 22.1 Å². The van der Waals surface area contributed by atoms with Crippen LogP contribution in [0.1, 0.15) is 0 Å². The standard InChI is InChI=1S/C9H2Br3F2N/c10-3-2-15-9-5(14)1-4(13)8(12)6(9)7(3)11/h1-2H. The first-order valence-corrected chi connectivity index (χ1v) is 6.17. The van der Waals surface area contributed by atoms with Gasteiger partial charge in [0.1, 0.15) is 11.3 Å². The summed E-state index contributed by atoms with van der Waals surface area (Å²) in [5, 5.41) is 0.377. The molecule has 0 aliphatic rings. The van der Waals surface area contributed by atoms with Crippen LogP contribution in [0, 0.1) is 11.6 Å². The molecule has 0 amide bonds. The van der Waals surface area contributed by atoms with Gasteiger partial charge >= 0.3 is 0 Å². The SMILES string of the molecule is Fc1cc(F)c2ncc(Br)c(Br)c2c1Br. The summed E-state index contributed by atoms with van der Waals surface area (Å²) in [5.41, 5.74) is 0.123. The summed E-state index contributed by atoms with van der Waals surface area (Å²) in [5.74, 6) is -1.33. The van der Waals surface area contributed by atoms with Crippen molar-refractivity contribution in [3.8, 4) is 0 Å². The van der Waals surface area contributed by atoms with Gasteiger partial charge in [-0.15, -0.1) is 0 Å². The fourth-order valence-corrected chi connectivity index (χ4v) is 2.77. The van der Waals surface area contributed by atoms with Crippen LogP contribution in [0.3, 0.4) is 0 Å². The molecule has 2 aromatic rings. The molecule has 1 aromatic heterocycles. The van der Waals surface area contributed by atoms with Crippen molar-refractivity contribution in [1.82, 2.24) is 4.98 Å². The van der Waals surface area contributed by atoms with Gasteiger partial charge in [-0.2, -0.15) is 0 Å². The molecular weight excluding hydrogens is 400 g/mol. The summed E-state index contributed by atoms with van der Waals surface area (Å²) in [6, 6.07) is 0.805. The maximum absolute atomic E-state index is 13.4. The summed E-state index contributed by atoms with van der Waals surface area (Å²) in [6.45, 7) is 0. The fraction of sp³-hybridized carbons (Fsp3) is 0. The van der Waals surface area contributed by atoms with Crippen molar-refractivity contribution < 1.29 is 8.78 Å². The number of aromatic nitrogens is 1. The number of fused-ring (bicyclic) bond motifs is 1. The van der Waals surface area contributed by atoms with E-state index in [1.165, 1.54) is 6.20 Å². The lowest BCUT2D eigenvalue weighted by atomic mass is 10.2. The first-order chi connectivity index (χ1) is 7.02. The van der Waals surface area contributed by atoms with E-state index >= 15 is 0 Å². The Hall–Kier alpha value is -0.0700. The van der Waals surface area contributed by atoms with E-state index in [2.05, 4.69) is 52.8 Å². The second kappa shape index (κ2) is 4.07. The van der Waals surface area contributed by atoms with E-state index in [0.29, 0.717) is 14.3 Å². The zero-order valence-corrected chi connectivity index (χ0v) is 11.7. The van der Waals surface area contributed by atoms with Crippen LogP contribution >= 0.6 is 47.8 Å². The van der Waals surface area contributed by atoms with Crippen molar-refractivity contribution in [3.05, 3.63) is 37.3 Å². The van der Waals surface area contributed by atoms with Crippen LogP contribution in [0.15, 0.2) is 25.7 Å². The van der Waals surface area contributed by atoms with E-state index in [9.17, 15) is 8.78 Å². The molecular formula is C9H2Br3F2N. The molecule has 0 saturated carbocycles. The van der Waals surface area contributed by atoms with E-state index in [-0.39, 0.29) is 9.99 Å². The smallest absolute Gasteiger partial charge is 0.152 e. The highest BCUT2D eigenvalue weighted by molar-refractivity contribution is 9.13. The van der Waals surface area contributed by atoms with Gasteiger partial charge in [-0.3, -0.25) is 4.98 Å². The molecule has 0 aliphatic carbocycles. The van der Waals surface area contributed by atoms with Crippen LogP contribution in [0.5, 0.6) is 0 Å². The number of nitrogens with zero attached hydrogens (tertiary/aromatic N) is 1. The third-order valence-corrected chi connectivity index (χ3v) is 4.61. The van der Waals surface area contributed by atoms with Crippen LogP contribution < -0.4 is 0 Å². The highest BCUT2D eigenvalue weighted by Crippen LogP contribution is 2.37. The molecule has 0 atom stereocenters. The van der Waals surface area contributed by atoms with Gasteiger partial charge in [0.25, 0.3) is 0 Å². The summed E-state index contributed by atoms with van der Waals surface area (Å²) in [6.07, 6.45) is 1.46. The Bertz CT molecular complexity index is 549. The highest BCUT2D eigenvalue weighted by Gasteiger charge is 2.15. The van der Waals surface area contributed by atoms with Crippen LogP contribution in [-0.4, -0.2) is 4.98 Å². The zero-order chi connectivity index (χ0) is 11.2. The molecule has 1 aromatic carbocycles. The van der Waals surface area contributed by atoms with E-state index in [1.54, 1.807) is 0 Å². The zero-order valence-electron chi connectivity index (χ0n) is 6.99. The van der Waals surface area contributed by atoms with E-state index in [1.807, 2.05) is 0 Å². The Morgan fingerprint density at radius 2 is 1.67 bits per heavy atom. The molecule has 2 rings (SSSR count). The molecule has 0 fully saturated rings. The highest BCUT2D eigenvalue weighted by atomic mass is 79.9. The second-order valence-corrected chi connectivity index (χ2v) is 5.24. The van der Waals surface area contributed by atoms with Crippen LogP contribution in [-0.2, 0) is 0 Å². The van der Waals surface area contributed by atoms with Crippen LogP contribution in [0.2, 0.25) is 0 Å². The molecule has 0 spiro atoms. The van der Waals surface area contributed by atoms with Crippen molar-refractivity contribution in [3.63, 3.8) is 0 Å². The van der Waals surface area contributed by atoms with E-state index < -0.39 is 11.6 Å². The predicted molar refractivity (Wildman–Crippen MR) is 64.8 cm³/mol. The monoisotopic (exact) mass is 399 g/mol. The number of benzene rings is 1. The Morgan fingerprint density at radius 3 is 2.33 bits per heavy atom. The number of pyridine rings is 1. The average Bonchev–Trinajstić information content (AvgIpc) is 2.19. The average molecular weight is 402 g/mol. The molecule has 0 bridgehead atoms. The van der Waals surface area contributed by atoms with Gasteiger partial charge in [0.05, 0.1) is 8.95 Å². The molecule has 0 saturated heterocycles. The Morgan fingerprint density at radius 1 is 1.00 bits per heavy atom. The number of halogens is 5. The maximum atomic E-state index is 13.4. The fourth-order valence-electron chi connectivity index (χ4n) is 1.21. The topological polar surface area (TPSA) is 12.9 Å². The van der Waals surface area contributed by atoms with Gasteiger partial charge in [-0.05, 0) is 47.8 Å². The normalized spacial score (nSPS) is 11.0. The lowest BCUT2D eigenvalue weighted by Gasteiger charge is -2.06. The number of hydrogen-bond donors (Lipinski definition) is 0. The molecule has 78 valence electrons. The summed E-state index contributed by atoms with van der Waals surface area (Å²) in [4.78, 5) is 3.89. The second-order valence-electron chi connectivity index (χ2n) is 2.80. The minimum atomic E-state index is -0.682. The van der Waals surface area contributed by atoms with E-state index in [4.69, 9.17) is 0 Å². The summed E-state index contributed by atoms with van der Waals surface area (Å²) in [7, 11) is 0. The van der Waals surface area contributed by atoms with Gasteiger partial charge in [0.2, 0.25) is 0 Å². The number of hydrogen-bond acceptors (Lipinski definition) is 1. The van der Waals surface area contributed by atoms with Crippen molar-refractivity contribution in [2.75, 3.05) is 0 Å². The lowest BCUT2D eigenvalue weighted by molar-refractivity contribution is 0.586. The Labute approximate surface area is 109 Å². The molecule has 1 nitrogen and oxygen atoms in total. The minimum Gasteiger partial charge on any atom is -0.252 e. The predicted octanol–water partition coefficient (Wildman–Crippen LogP) is 4.80. The molecule has 15 heavy (non-hydrogen) atoms. The maximum Gasteiger partial charge on any atom is 0.152 e. The van der Waals surface area contributed by atoms with Crippen molar-refractivity contribution in [2.45, 2.75) is 0 Å². The van der Waals surface area contributed by atoms with Gasteiger partial charge in [-0.25, -0.2) is 8.78 Å². The first-order valence-electron chi connectivity index (χ1n) is 3.79. The first kappa shape index (κ1) is 11.4. The molecule has 0 N–H and O–H groups in total. The third kappa shape index (κ3) is 1.83. The van der Waals surface area contributed by atoms with Crippen molar-refractivity contribution in [1.29, 1.82) is 0 Å². The van der Waals surface area contributed by atoms with E-state index in [0.717, 1.165) is 6.07 Å². The third-order valence-electron chi connectivity index (χ3n) is 1.88. The lowest BCUT2D eigenvalue weighted by Crippen LogP contribution is -1.91. The number of rotatable bonds is 0. The van der Waals surface area contributed by atoms with Crippen molar-refractivity contribution >= 4 is 58.7 Å². The van der Waals surface area contributed by atoms with Crippen LogP contribution in [0.4, 0.5) is 8.78 Å². The van der Waals surface area contributed by atoms with Crippen LogP contribution in [0.25, 0.3) is 10.9 Å². The Kier molecular flexibility index (Phi) is 3.10. The summed E-state index contributed by atoms with van der Waals surface area (Å²) >= 11 is 9.54. The molecule has 1 heterocycles. The largest absolute Gasteiger partial charge is 0.252 e. The summed E-state index contributed by atoms with van der Waals surface area (Å²) < 4.78 is 28.1. The van der Waals surface area contributed by atoms with Gasteiger partial charge in [-0.1, -0.05) is 0 Å². The minimum absolute atomic E-state index is 0.123. The Balaban J connectivity index is 3.04. The quantitative estimate of drug-likeness (QED) is 0.578. The van der Waals surface area contributed by atoms with Gasteiger partial charge < -0.3 is 0 Å². The van der Waals surface area contributed by atoms with Crippen molar-refractivity contribution in [2.24, 2.45) is 0 Å². The molecule has 0 radical (unpaired) electrons. The molecule has 0 unspecified atom stereocenters. The van der Waals surface area contributed by atoms with Gasteiger partial charge in [0.15, 0.2) is 5.82 Å². The molecule has 6 heteroatoms.